The lowest BCUT2D eigenvalue weighted by atomic mass is 10.4. The van der Waals surface area contributed by atoms with Gasteiger partial charge in [0.15, 0.2) is 0 Å². The quantitative estimate of drug-likeness (QED) is 0.447. The smallest absolute Gasteiger partial charge is 0.220 e. The van der Waals surface area contributed by atoms with Crippen LogP contribution in [0.1, 0.15) is 12.8 Å². The molecule has 0 aliphatic carbocycles. The standard InChI is InChI=1S/C13H17NOS/c1-2-3-10-14-13(15)9-11-16-12-7-5-4-6-8-12/h2,4-8H,1,3,9-11H2,(H,14,15). The Bertz CT molecular complexity index is 324. The van der Waals surface area contributed by atoms with Gasteiger partial charge in [-0.2, -0.15) is 0 Å². The van der Waals surface area contributed by atoms with E-state index in [4.69, 9.17) is 0 Å². The molecule has 0 saturated heterocycles. The van der Waals surface area contributed by atoms with Gasteiger partial charge in [-0.1, -0.05) is 24.3 Å². The fourth-order valence-corrected chi connectivity index (χ4v) is 2.05. The molecular weight excluding hydrogens is 218 g/mol. The molecule has 0 fully saturated rings. The first-order valence-electron chi connectivity index (χ1n) is 5.38. The van der Waals surface area contributed by atoms with Gasteiger partial charge in [-0.15, -0.1) is 18.3 Å². The molecule has 1 amide bonds. The fraction of sp³-hybridized carbons (Fsp3) is 0.308. The average Bonchev–Trinajstić information content (AvgIpc) is 2.31. The molecule has 0 bridgehead atoms. The zero-order valence-electron chi connectivity index (χ0n) is 9.32. The van der Waals surface area contributed by atoms with Crippen molar-refractivity contribution in [2.75, 3.05) is 12.3 Å². The Morgan fingerprint density at radius 3 is 2.81 bits per heavy atom. The van der Waals surface area contributed by atoms with E-state index in [2.05, 4.69) is 24.0 Å². The van der Waals surface area contributed by atoms with Gasteiger partial charge in [-0.25, -0.2) is 0 Å². The third-order valence-corrected chi connectivity index (χ3v) is 3.03. The highest BCUT2D eigenvalue weighted by Gasteiger charge is 2.00. The first kappa shape index (κ1) is 12.8. The van der Waals surface area contributed by atoms with Gasteiger partial charge in [0, 0.05) is 23.6 Å². The van der Waals surface area contributed by atoms with Crippen molar-refractivity contribution in [3.05, 3.63) is 43.0 Å². The number of benzene rings is 1. The summed E-state index contributed by atoms with van der Waals surface area (Å²) in [7, 11) is 0. The SMILES string of the molecule is C=CCCNC(=O)CCSc1ccccc1. The van der Waals surface area contributed by atoms with Gasteiger partial charge in [0.1, 0.15) is 0 Å². The van der Waals surface area contributed by atoms with E-state index in [0.717, 1.165) is 12.2 Å². The Morgan fingerprint density at radius 2 is 2.12 bits per heavy atom. The Morgan fingerprint density at radius 1 is 1.38 bits per heavy atom. The number of thioether (sulfide) groups is 1. The number of carbonyl (C=O) groups is 1. The maximum absolute atomic E-state index is 11.3. The maximum atomic E-state index is 11.3. The fourth-order valence-electron chi connectivity index (χ4n) is 1.18. The van der Waals surface area contributed by atoms with Crippen LogP contribution in [0.2, 0.25) is 0 Å². The van der Waals surface area contributed by atoms with Crippen molar-refractivity contribution >= 4 is 17.7 Å². The minimum absolute atomic E-state index is 0.116. The first-order chi connectivity index (χ1) is 7.83. The number of carbonyl (C=O) groups excluding carboxylic acids is 1. The van der Waals surface area contributed by atoms with Crippen LogP contribution in [0.3, 0.4) is 0 Å². The molecule has 16 heavy (non-hydrogen) atoms. The van der Waals surface area contributed by atoms with Crippen molar-refractivity contribution in [3.63, 3.8) is 0 Å². The zero-order chi connectivity index (χ0) is 11.6. The van der Waals surface area contributed by atoms with E-state index in [0.29, 0.717) is 13.0 Å². The summed E-state index contributed by atoms with van der Waals surface area (Å²) in [6, 6.07) is 10.1. The third-order valence-electron chi connectivity index (χ3n) is 2.01. The van der Waals surface area contributed by atoms with Gasteiger partial charge in [0.25, 0.3) is 0 Å². The van der Waals surface area contributed by atoms with Crippen LogP contribution in [0.25, 0.3) is 0 Å². The largest absolute Gasteiger partial charge is 0.356 e. The van der Waals surface area contributed by atoms with Crippen molar-refractivity contribution in [2.45, 2.75) is 17.7 Å². The molecule has 1 rings (SSSR count). The third kappa shape index (κ3) is 5.61. The summed E-state index contributed by atoms with van der Waals surface area (Å²) in [5.41, 5.74) is 0. The lowest BCUT2D eigenvalue weighted by Gasteiger charge is -2.03. The normalized spacial score (nSPS) is 9.75. The highest BCUT2D eigenvalue weighted by molar-refractivity contribution is 7.99. The topological polar surface area (TPSA) is 29.1 Å². The number of hydrogen-bond acceptors (Lipinski definition) is 2. The van der Waals surface area contributed by atoms with Crippen molar-refractivity contribution in [3.8, 4) is 0 Å². The second-order valence-electron chi connectivity index (χ2n) is 3.34. The molecule has 0 aliphatic heterocycles. The van der Waals surface area contributed by atoms with E-state index < -0.39 is 0 Å². The highest BCUT2D eigenvalue weighted by atomic mass is 32.2. The van der Waals surface area contributed by atoms with Gasteiger partial charge in [0.05, 0.1) is 0 Å². The number of hydrogen-bond donors (Lipinski definition) is 1. The van der Waals surface area contributed by atoms with Crippen molar-refractivity contribution < 1.29 is 4.79 Å². The van der Waals surface area contributed by atoms with Gasteiger partial charge in [-0.05, 0) is 18.6 Å². The maximum Gasteiger partial charge on any atom is 0.220 e. The average molecular weight is 235 g/mol. The van der Waals surface area contributed by atoms with Crippen LogP contribution in [-0.2, 0) is 4.79 Å². The van der Waals surface area contributed by atoms with Crippen LogP contribution >= 0.6 is 11.8 Å². The molecule has 0 aliphatic rings. The van der Waals surface area contributed by atoms with E-state index >= 15 is 0 Å². The van der Waals surface area contributed by atoms with E-state index in [1.807, 2.05) is 18.2 Å². The van der Waals surface area contributed by atoms with Crippen LogP contribution in [0, 0.1) is 0 Å². The summed E-state index contributed by atoms with van der Waals surface area (Å²) in [5, 5.41) is 2.85. The van der Waals surface area contributed by atoms with Crippen molar-refractivity contribution in [2.24, 2.45) is 0 Å². The number of amides is 1. The van der Waals surface area contributed by atoms with E-state index in [1.54, 1.807) is 17.8 Å². The number of rotatable bonds is 7. The van der Waals surface area contributed by atoms with Crippen molar-refractivity contribution in [1.29, 1.82) is 0 Å². The van der Waals surface area contributed by atoms with Crippen molar-refractivity contribution in [1.82, 2.24) is 5.32 Å². The predicted molar refractivity (Wildman–Crippen MR) is 69.6 cm³/mol. The second-order valence-corrected chi connectivity index (χ2v) is 4.51. The molecule has 1 aromatic carbocycles. The summed E-state index contributed by atoms with van der Waals surface area (Å²) in [5.74, 6) is 0.939. The van der Waals surface area contributed by atoms with E-state index in [1.165, 1.54) is 4.90 Å². The van der Waals surface area contributed by atoms with Crippen LogP contribution in [0.15, 0.2) is 47.9 Å². The Balaban J connectivity index is 2.11. The summed E-state index contributed by atoms with van der Waals surface area (Å²) in [6.07, 6.45) is 3.20. The molecule has 0 radical (unpaired) electrons. The Labute approximate surface area is 101 Å². The molecule has 0 unspecified atom stereocenters. The second kappa shape index (κ2) is 7.99. The zero-order valence-corrected chi connectivity index (χ0v) is 10.1. The monoisotopic (exact) mass is 235 g/mol. The molecule has 0 atom stereocenters. The lowest BCUT2D eigenvalue weighted by Crippen LogP contribution is -2.24. The lowest BCUT2D eigenvalue weighted by molar-refractivity contribution is -0.120. The molecular formula is C13H17NOS. The molecule has 0 heterocycles. The van der Waals surface area contributed by atoms with Gasteiger partial charge in [-0.3, -0.25) is 4.79 Å². The van der Waals surface area contributed by atoms with Crippen LogP contribution in [0.4, 0.5) is 0 Å². The molecule has 1 aromatic rings. The number of nitrogens with one attached hydrogen (secondary N) is 1. The summed E-state index contributed by atoms with van der Waals surface area (Å²) >= 11 is 1.71. The summed E-state index contributed by atoms with van der Waals surface area (Å²) in [6.45, 7) is 4.30. The van der Waals surface area contributed by atoms with Crippen LogP contribution in [-0.4, -0.2) is 18.2 Å². The minimum Gasteiger partial charge on any atom is -0.356 e. The van der Waals surface area contributed by atoms with Gasteiger partial charge < -0.3 is 5.32 Å². The first-order valence-corrected chi connectivity index (χ1v) is 6.37. The molecule has 0 saturated carbocycles. The molecule has 2 nitrogen and oxygen atoms in total. The molecule has 1 N–H and O–H groups in total. The van der Waals surface area contributed by atoms with E-state index in [-0.39, 0.29) is 5.91 Å². The Kier molecular flexibility index (Phi) is 6.42. The van der Waals surface area contributed by atoms with E-state index in [9.17, 15) is 4.79 Å². The van der Waals surface area contributed by atoms with Crippen LogP contribution < -0.4 is 5.32 Å². The predicted octanol–water partition coefficient (Wildman–Crippen LogP) is 2.86. The molecule has 3 heteroatoms. The van der Waals surface area contributed by atoms with Gasteiger partial charge >= 0.3 is 0 Å². The minimum atomic E-state index is 0.116. The summed E-state index contributed by atoms with van der Waals surface area (Å²) in [4.78, 5) is 12.6. The highest BCUT2D eigenvalue weighted by Crippen LogP contribution is 2.17. The van der Waals surface area contributed by atoms with Gasteiger partial charge in [0.2, 0.25) is 5.91 Å². The molecule has 0 spiro atoms. The van der Waals surface area contributed by atoms with Crippen LogP contribution in [0.5, 0.6) is 0 Å². The summed E-state index contributed by atoms with van der Waals surface area (Å²) < 4.78 is 0. The Hall–Kier alpha value is -1.22. The molecule has 0 aromatic heterocycles. The molecule has 86 valence electrons.